The van der Waals surface area contributed by atoms with Gasteiger partial charge in [0.25, 0.3) is 0 Å². The molecule has 88 valence electrons. The molecule has 2 nitrogen and oxygen atoms in total. The molecule has 3 unspecified atom stereocenters. The fourth-order valence-corrected chi connectivity index (χ4v) is 5.18. The van der Waals surface area contributed by atoms with Gasteiger partial charge in [0.2, 0.25) is 0 Å². The number of rotatable bonds is 0. The van der Waals surface area contributed by atoms with E-state index in [0.717, 1.165) is 12.2 Å². The fraction of sp³-hybridized carbons (Fsp3) is 1.00. The summed E-state index contributed by atoms with van der Waals surface area (Å²) >= 11 is 0. The summed E-state index contributed by atoms with van der Waals surface area (Å²) in [5, 5.41) is 4.06. The molecule has 0 spiro atoms. The molecule has 2 aliphatic rings. The minimum Gasteiger partial charge on any atom is -0.307 e. The Hall–Kier alpha value is 0.110. The Labute approximate surface area is 95.7 Å². The van der Waals surface area contributed by atoms with Gasteiger partial charge in [0, 0.05) is 28.1 Å². The van der Waals surface area contributed by atoms with Crippen molar-refractivity contribution >= 4 is 10.8 Å². The highest BCUT2D eigenvalue weighted by Crippen LogP contribution is 2.40. The molecule has 0 aromatic rings. The van der Waals surface area contributed by atoms with Gasteiger partial charge >= 0.3 is 0 Å². The van der Waals surface area contributed by atoms with Gasteiger partial charge < -0.3 is 5.32 Å². The number of hydrogen-bond acceptors (Lipinski definition) is 2. The summed E-state index contributed by atoms with van der Waals surface area (Å²) in [6.07, 6.45) is 3.56. The van der Waals surface area contributed by atoms with E-state index in [1.165, 1.54) is 12.8 Å². The van der Waals surface area contributed by atoms with Gasteiger partial charge in [-0.1, -0.05) is 13.8 Å². The molecule has 3 heteroatoms. The third-order valence-electron chi connectivity index (χ3n) is 3.75. The fourth-order valence-electron chi connectivity index (χ4n) is 2.97. The molecule has 0 radical (unpaired) electrons. The molecule has 2 rings (SSSR count). The topological polar surface area (TPSA) is 29.1 Å². The van der Waals surface area contributed by atoms with E-state index >= 15 is 0 Å². The molecule has 0 amide bonds. The van der Waals surface area contributed by atoms with E-state index in [4.69, 9.17) is 0 Å². The van der Waals surface area contributed by atoms with Crippen molar-refractivity contribution < 1.29 is 4.21 Å². The van der Waals surface area contributed by atoms with Gasteiger partial charge in [0.05, 0.1) is 5.25 Å². The maximum atomic E-state index is 12.2. The average Bonchev–Trinajstić information content (AvgIpc) is 2.05. The van der Waals surface area contributed by atoms with Gasteiger partial charge in [-0.2, -0.15) is 0 Å². The Kier molecular flexibility index (Phi) is 2.75. The number of fused-ring (bicyclic) bond motifs is 1. The van der Waals surface area contributed by atoms with Crippen molar-refractivity contribution in [2.75, 3.05) is 5.75 Å². The maximum absolute atomic E-state index is 12.2. The van der Waals surface area contributed by atoms with Crippen molar-refractivity contribution in [3.63, 3.8) is 0 Å². The van der Waals surface area contributed by atoms with Crippen molar-refractivity contribution in [3.05, 3.63) is 0 Å². The summed E-state index contributed by atoms with van der Waals surface area (Å²) in [7, 11) is -0.635. The van der Waals surface area contributed by atoms with Crippen LogP contribution in [0.15, 0.2) is 0 Å². The predicted molar refractivity (Wildman–Crippen MR) is 65.4 cm³/mol. The molecule has 2 fully saturated rings. The van der Waals surface area contributed by atoms with Crippen LogP contribution in [0.3, 0.4) is 0 Å². The molecular formula is C12H23NOS. The van der Waals surface area contributed by atoms with E-state index in [9.17, 15) is 4.21 Å². The van der Waals surface area contributed by atoms with E-state index < -0.39 is 10.8 Å². The Morgan fingerprint density at radius 3 is 2.60 bits per heavy atom. The maximum Gasteiger partial charge on any atom is 0.0507 e. The zero-order chi connectivity index (χ0) is 11.3. The lowest BCUT2D eigenvalue weighted by Crippen LogP contribution is -2.62. The van der Waals surface area contributed by atoms with Gasteiger partial charge in [0.1, 0.15) is 0 Å². The minimum absolute atomic E-state index is 0.0630. The van der Waals surface area contributed by atoms with E-state index in [1.54, 1.807) is 0 Å². The van der Waals surface area contributed by atoms with Crippen molar-refractivity contribution in [1.29, 1.82) is 0 Å². The van der Waals surface area contributed by atoms with Gasteiger partial charge in [-0.25, -0.2) is 0 Å². The Morgan fingerprint density at radius 1 is 1.27 bits per heavy atom. The highest BCUT2D eigenvalue weighted by Gasteiger charge is 2.44. The van der Waals surface area contributed by atoms with Crippen LogP contribution in [0.5, 0.6) is 0 Å². The third kappa shape index (κ3) is 2.44. The monoisotopic (exact) mass is 229 g/mol. The summed E-state index contributed by atoms with van der Waals surface area (Å²) in [4.78, 5) is 0. The number of hydrogen-bond donors (Lipinski definition) is 1. The van der Waals surface area contributed by atoms with Crippen LogP contribution in [-0.4, -0.2) is 26.8 Å². The standard InChI is InChI=1S/C12H23NOS/c1-11(2)6-5-9-10(7-11)15(14)8-12(3,4)13-9/h9-10,13H,5-8H2,1-4H3. The predicted octanol–water partition coefficient (Wildman–Crippen LogP) is 2.06. The van der Waals surface area contributed by atoms with Crippen LogP contribution < -0.4 is 5.32 Å². The quantitative estimate of drug-likeness (QED) is 0.689. The molecule has 15 heavy (non-hydrogen) atoms. The second-order valence-corrected chi connectivity index (χ2v) is 8.26. The van der Waals surface area contributed by atoms with E-state index in [1.807, 2.05) is 0 Å². The normalized spacial score (nSPS) is 43.3. The molecule has 1 saturated heterocycles. The molecular weight excluding hydrogens is 206 g/mol. The lowest BCUT2D eigenvalue weighted by molar-refractivity contribution is 0.183. The van der Waals surface area contributed by atoms with E-state index in [-0.39, 0.29) is 5.54 Å². The summed E-state index contributed by atoms with van der Waals surface area (Å²) in [5.74, 6) is 0.810. The highest BCUT2D eigenvalue weighted by atomic mass is 32.2. The second kappa shape index (κ2) is 3.56. The van der Waals surface area contributed by atoms with Crippen LogP contribution in [0.4, 0.5) is 0 Å². The molecule has 3 atom stereocenters. The second-order valence-electron chi connectivity index (χ2n) is 6.61. The van der Waals surface area contributed by atoms with Crippen molar-refractivity contribution in [3.8, 4) is 0 Å². The Morgan fingerprint density at radius 2 is 1.93 bits per heavy atom. The first-order chi connectivity index (χ1) is 6.79. The summed E-state index contributed by atoms with van der Waals surface area (Å²) in [6.45, 7) is 8.95. The molecule has 0 aromatic carbocycles. The van der Waals surface area contributed by atoms with Crippen molar-refractivity contribution in [1.82, 2.24) is 5.32 Å². The van der Waals surface area contributed by atoms with E-state index in [2.05, 4.69) is 33.0 Å². The lowest BCUT2D eigenvalue weighted by Gasteiger charge is -2.48. The first-order valence-electron chi connectivity index (χ1n) is 5.94. The van der Waals surface area contributed by atoms with E-state index in [0.29, 0.717) is 16.7 Å². The Balaban J connectivity index is 2.14. The summed E-state index contributed by atoms with van der Waals surface area (Å²) < 4.78 is 12.2. The minimum atomic E-state index is -0.635. The van der Waals surface area contributed by atoms with Crippen LogP contribution in [0.25, 0.3) is 0 Å². The zero-order valence-corrected chi connectivity index (χ0v) is 11.1. The van der Waals surface area contributed by atoms with Crippen LogP contribution >= 0.6 is 0 Å². The zero-order valence-electron chi connectivity index (χ0n) is 10.3. The van der Waals surface area contributed by atoms with Gasteiger partial charge in [0.15, 0.2) is 0 Å². The van der Waals surface area contributed by atoms with Crippen LogP contribution in [0.2, 0.25) is 0 Å². The first-order valence-corrected chi connectivity index (χ1v) is 7.32. The highest BCUT2D eigenvalue weighted by molar-refractivity contribution is 7.85. The molecule has 0 aromatic heterocycles. The first kappa shape index (κ1) is 11.6. The molecule has 0 bridgehead atoms. The molecule has 1 aliphatic carbocycles. The van der Waals surface area contributed by atoms with Gasteiger partial charge in [-0.05, 0) is 38.5 Å². The van der Waals surface area contributed by atoms with Crippen LogP contribution in [0.1, 0.15) is 47.0 Å². The molecule has 1 aliphatic heterocycles. The number of nitrogens with one attached hydrogen (secondary N) is 1. The van der Waals surface area contributed by atoms with Crippen LogP contribution in [-0.2, 0) is 10.8 Å². The molecule has 1 heterocycles. The van der Waals surface area contributed by atoms with Gasteiger partial charge in [-0.15, -0.1) is 0 Å². The lowest BCUT2D eigenvalue weighted by atomic mass is 9.74. The third-order valence-corrected chi connectivity index (χ3v) is 5.93. The SMILES string of the molecule is CC1(C)CCC2NC(C)(C)CS(=O)C2C1. The van der Waals surface area contributed by atoms with Crippen LogP contribution in [0, 0.1) is 5.41 Å². The Bertz CT molecular complexity index is 285. The average molecular weight is 229 g/mol. The summed E-state index contributed by atoms with van der Waals surface area (Å²) in [5.41, 5.74) is 0.452. The largest absolute Gasteiger partial charge is 0.307 e. The smallest absolute Gasteiger partial charge is 0.0507 e. The molecule has 1 saturated carbocycles. The van der Waals surface area contributed by atoms with Gasteiger partial charge in [-0.3, -0.25) is 4.21 Å². The molecule has 1 N–H and O–H groups in total. The van der Waals surface area contributed by atoms with Crippen molar-refractivity contribution in [2.24, 2.45) is 5.41 Å². The van der Waals surface area contributed by atoms with Crippen molar-refractivity contribution in [2.45, 2.75) is 63.8 Å². The summed E-state index contributed by atoms with van der Waals surface area (Å²) in [6, 6.07) is 0.489.